The molecule has 1 amide bonds. The molecule has 2 aliphatic heterocycles. The number of carboxylic acid groups (broad SMARTS) is 1. The van der Waals surface area contributed by atoms with Crippen molar-refractivity contribution in [2.45, 2.75) is 88.6 Å². The van der Waals surface area contributed by atoms with Crippen LogP contribution in [-0.2, 0) is 32.2 Å². The maximum atomic E-state index is 13.6. The smallest absolute Gasteiger partial charge is 0.335 e. The number of amides is 1. The Hall–Kier alpha value is -0.330. The number of ether oxygens (including phenoxy) is 4. The van der Waals surface area contributed by atoms with Crippen LogP contribution in [0.4, 0.5) is 0 Å². The van der Waals surface area contributed by atoms with Gasteiger partial charge in [0, 0.05) is 23.3 Å². The van der Waals surface area contributed by atoms with Crippen molar-refractivity contribution in [3.63, 3.8) is 0 Å². The Labute approximate surface area is 369 Å². The van der Waals surface area contributed by atoms with Crippen LogP contribution in [0.25, 0.3) is 6.08 Å². The van der Waals surface area contributed by atoms with Crippen molar-refractivity contribution in [3.8, 4) is 11.5 Å². The van der Waals surface area contributed by atoms with E-state index < -0.39 is 96.4 Å². The second-order valence-corrected chi connectivity index (χ2v) is 14.3. The summed E-state index contributed by atoms with van der Waals surface area (Å²) >= 11 is 13.1. The lowest BCUT2D eigenvalue weighted by Crippen LogP contribution is -2.67. The topological polar surface area (TPSA) is 192 Å². The number of thiol groups is 3. The summed E-state index contributed by atoms with van der Waals surface area (Å²) < 4.78 is 127. The van der Waals surface area contributed by atoms with Gasteiger partial charge < -0.3 is 57.2 Å². The highest BCUT2D eigenvalue weighted by atomic mass is 32.2. The zero-order chi connectivity index (χ0) is 50.3. The van der Waals surface area contributed by atoms with Crippen LogP contribution in [0, 0.1) is 0 Å². The number of aliphatic carboxylic acids is 1. The fourth-order valence-electron chi connectivity index (χ4n) is 4.85. The quantitative estimate of drug-likeness (QED) is 0.0305. The van der Waals surface area contributed by atoms with Crippen LogP contribution >= 0.6 is 73.6 Å². The van der Waals surface area contributed by atoms with Crippen molar-refractivity contribution < 1.29 is 61.5 Å². The predicted octanol–water partition coefficient (Wildman–Crippen LogP) is -1.59. The first-order valence-electron chi connectivity index (χ1n) is 22.4. The molecule has 2 heterocycles. The second-order valence-electron chi connectivity index (χ2n) is 10.5. The van der Waals surface area contributed by atoms with Crippen LogP contribution < -0.4 is 14.2 Å². The summed E-state index contributed by atoms with van der Waals surface area (Å²) in [6.45, 7) is 5.74. The molecule has 2 saturated heterocycles. The van der Waals surface area contributed by atoms with Gasteiger partial charge in [0.25, 0.3) is 0 Å². The SMILES string of the molecule is [2H]B(C)S.[2H]B(C)S.[2H]B(C)S.[2H]B([3H])CSOc1cc(/C=C(\C)C(=O)N[C@H]2[C@@H](OSCB([2H])[3H])[C@@H]3OCO[C@@H]3[C@H](O[3H])[C@H]2O[3H])ccc1O[C@@H]1O[C@H](C(=O)O)[C@@H](OSCB([2H])[3H])[C@@H]1O[3H]. The summed E-state index contributed by atoms with van der Waals surface area (Å²) in [4.78, 5) is 25.6. The van der Waals surface area contributed by atoms with Crippen molar-refractivity contribution in [1.82, 2.24) is 5.32 Å². The number of hydrogen-bond donors (Lipinski definition) is 8. The zero-order valence-electron chi connectivity index (χ0n) is 41.8. The Morgan fingerprint density at radius 2 is 1.59 bits per heavy atom. The summed E-state index contributed by atoms with van der Waals surface area (Å²) in [5.41, 5.74) is 0.283. The number of carboxylic acids is 1. The Morgan fingerprint density at radius 1 is 1.00 bits per heavy atom. The van der Waals surface area contributed by atoms with E-state index in [9.17, 15) is 14.7 Å². The molecule has 300 valence electrons. The third-order valence-corrected chi connectivity index (χ3v) is 8.32. The van der Waals surface area contributed by atoms with Gasteiger partial charge in [-0.25, -0.2) is 42.2 Å². The molecule has 54 heavy (non-hydrogen) atoms. The van der Waals surface area contributed by atoms with Crippen molar-refractivity contribution in [2.24, 2.45) is 0 Å². The van der Waals surface area contributed by atoms with E-state index in [-0.39, 0.29) is 60.4 Å². The van der Waals surface area contributed by atoms with E-state index in [1.807, 2.05) is 0 Å². The van der Waals surface area contributed by atoms with E-state index >= 15 is 0 Å². The van der Waals surface area contributed by atoms with Crippen molar-refractivity contribution in [3.05, 3.63) is 29.3 Å². The molecule has 3 aliphatic rings. The van der Waals surface area contributed by atoms with Gasteiger partial charge in [-0.1, -0.05) is 26.5 Å². The molecule has 4 rings (SSSR count). The number of carbonyl (C=O) groups is 2. The average molecular weight is 885 g/mol. The standard InChI is InChI=1S/C25H36B3NO13S3.3CH5BS/c1-10(23(33)29-14-15(30)16(31)19-21(37-9-36-19)18(14)41-44-7-27)4-11-2-3-12(13(5-11)40-43-6-26)38-25-17(32)20(42-45-8-28)22(39-25)24(34)35;3*1-2-3/h2-5,14-22,25,30-32H,6-9,26-28H2,1H3,(H,29,33)(H,34,35);3*2-3H,1H3/b10-4+;;;/t14-,15+,16-,17+,18-,19-,20+,21+,22+,25-;;;/m1.../s1/i26TD,27TD,28TD,30T,31T,32T;3*2D. The molecule has 5 N–H and O–H groups in total. The normalized spacial score (nSPS) is 31.1. The van der Waals surface area contributed by atoms with Gasteiger partial charge in [-0.2, -0.15) is 0 Å². The van der Waals surface area contributed by atoms with Crippen LogP contribution in [0.5, 0.6) is 11.5 Å². The van der Waals surface area contributed by atoms with E-state index in [2.05, 4.69) is 42.8 Å². The van der Waals surface area contributed by atoms with Crippen LogP contribution in [0.1, 0.15) is 12.5 Å². The molecule has 0 radical (unpaired) electrons. The monoisotopic (exact) mass is 885 g/mol. The summed E-state index contributed by atoms with van der Waals surface area (Å²) in [7, 11) is -3.72. The van der Waals surface area contributed by atoms with Crippen LogP contribution in [0.2, 0.25) is 20.5 Å². The Bertz CT molecular complexity index is 1580. The van der Waals surface area contributed by atoms with E-state index in [0.717, 1.165) is 24.1 Å². The highest BCUT2D eigenvalue weighted by Crippen LogP contribution is 2.37. The molecule has 10 atom stereocenters. The van der Waals surface area contributed by atoms with Crippen molar-refractivity contribution >= 4 is 134 Å². The van der Waals surface area contributed by atoms with Crippen LogP contribution in [-0.4, -0.2) is 176 Å². The number of hydrogen-bond acceptors (Lipinski definition) is 18. The molecule has 1 aliphatic carbocycles. The molecule has 14 nitrogen and oxygen atoms in total. The molecule has 0 aromatic heterocycles. The molecule has 3 fully saturated rings. The third-order valence-electron chi connectivity index (χ3n) is 6.90. The number of aliphatic hydroxyl groups excluding tert-OH is 3. The van der Waals surface area contributed by atoms with Crippen LogP contribution in [0.15, 0.2) is 23.8 Å². The zero-order valence-corrected chi connectivity index (χ0v) is 34.9. The number of benzene rings is 1. The second kappa shape index (κ2) is 29.0. The number of carbonyl (C=O) groups excluding carboxylic acids is 1. The van der Waals surface area contributed by atoms with E-state index in [0.29, 0.717) is 17.6 Å². The first-order valence-corrected chi connectivity index (χ1v) is 20.2. The fraction of sp³-hybridized carbons (Fsp3) is 0.643. The number of fused-ring (bicyclic) bond motifs is 1. The first kappa shape index (κ1) is 34.5. The molecule has 1 aromatic carbocycles. The maximum Gasteiger partial charge on any atom is 0.335 e. The Morgan fingerprint density at radius 3 is 2.19 bits per heavy atom. The van der Waals surface area contributed by atoms with E-state index in [1.54, 1.807) is 20.5 Å². The number of aliphatic hydroxyl groups is 3. The van der Waals surface area contributed by atoms with Crippen molar-refractivity contribution in [1.29, 1.82) is 16.3 Å². The van der Waals surface area contributed by atoms with Crippen LogP contribution in [0.3, 0.4) is 0 Å². The first-order chi connectivity index (χ1) is 31.0. The van der Waals surface area contributed by atoms with Crippen molar-refractivity contribution in [2.75, 3.05) is 23.7 Å². The molecule has 0 spiro atoms. The molecule has 1 saturated carbocycles. The summed E-state index contributed by atoms with van der Waals surface area (Å²) in [5.74, 6) is -2.10. The fourth-order valence-corrected chi connectivity index (χ4v) is 6.09. The van der Waals surface area contributed by atoms with Gasteiger partial charge in [0.05, 0.1) is 6.04 Å². The molecule has 0 bridgehead atoms. The highest BCUT2D eigenvalue weighted by molar-refractivity contribution is 8.07. The van der Waals surface area contributed by atoms with Gasteiger partial charge in [0.15, 0.2) is 37.2 Å². The number of nitrogens with one attached hydrogen (secondary N) is 1. The minimum Gasteiger partial charge on any atom is -0.479 e. The Balaban J connectivity index is 0.00000162. The van der Waals surface area contributed by atoms with Gasteiger partial charge in [-0.3, -0.25) is 4.79 Å². The maximum absolute atomic E-state index is 13.6. The predicted molar refractivity (Wildman–Crippen MR) is 241 cm³/mol. The van der Waals surface area contributed by atoms with E-state index in [1.165, 1.54) is 31.2 Å². The molecular formula is C28H51B6NO13S6. The lowest BCUT2D eigenvalue weighted by Gasteiger charge is -2.43. The third kappa shape index (κ3) is 16.1. The molecule has 0 unspecified atom stereocenters. The molecule has 1 aromatic rings. The minimum absolute atomic E-state index is 0.00852. The minimum atomic E-state index is -1.64. The molecule has 26 heteroatoms. The number of rotatable bonds is 21. The summed E-state index contributed by atoms with van der Waals surface area (Å²) in [5, 5.41) is 26.9. The van der Waals surface area contributed by atoms with Gasteiger partial charge in [0.2, 0.25) is 16.5 Å². The lowest BCUT2D eigenvalue weighted by atomic mass is 9.83. The summed E-state index contributed by atoms with van der Waals surface area (Å²) in [6.07, 6.45) is -9.57. The van der Waals surface area contributed by atoms with Gasteiger partial charge in [0.1, 0.15) is 72.8 Å². The lowest BCUT2D eigenvalue weighted by molar-refractivity contribution is -0.161. The largest absolute Gasteiger partial charge is 0.479 e. The summed E-state index contributed by atoms with van der Waals surface area (Å²) in [6, 6.07) is 3.26. The average Bonchev–Trinajstić information content (AvgIpc) is 3.83. The highest BCUT2D eigenvalue weighted by Gasteiger charge is 2.55. The van der Waals surface area contributed by atoms with Gasteiger partial charge >= 0.3 is 5.97 Å². The van der Waals surface area contributed by atoms with E-state index in [4.69, 9.17) is 63.1 Å². The Kier molecular flexibility index (Phi) is 18.5. The molecular weight excluding hydrogens is 816 g/mol. The van der Waals surface area contributed by atoms with Gasteiger partial charge in [-0.15, -0.1) is 0 Å². The van der Waals surface area contributed by atoms with Gasteiger partial charge in [-0.05, 0) is 78.1 Å².